The molecule has 0 spiro atoms. The van der Waals surface area contributed by atoms with Gasteiger partial charge < -0.3 is 14.2 Å². The van der Waals surface area contributed by atoms with Crippen molar-refractivity contribution in [1.82, 2.24) is 4.98 Å². The number of hydrogen-bond donors (Lipinski definition) is 0. The van der Waals surface area contributed by atoms with Gasteiger partial charge in [-0.1, -0.05) is 30.3 Å². The number of rotatable bonds is 7. The summed E-state index contributed by atoms with van der Waals surface area (Å²) in [4.78, 5) is 4.27. The molecule has 0 bridgehead atoms. The van der Waals surface area contributed by atoms with E-state index in [4.69, 9.17) is 14.2 Å². The van der Waals surface area contributed by atoms with Gasteiger partial charge in [0, 0.05) is 28.7 Å². The predicted molar refractivity (Wildman–Crippen MR) is 99.6 cm³/mol. The van der Waals surface area contributed by atoms with Crippen LogP contribution in [0.15, 0.2) is 48.8 Å². The van der Waals surface area contributed by atoms with E-state index in [0.717, 1.165) is 39.1 Å². The molecule has 0 saturated carbocycles. The largest absolute Gasteiger partial charge is 0.493 e. The van der Waals surface area contributed by atoms with Crippen LogP contribution in [0.2, 0.25) is 0 Å². The van der Waals surface area contributed by atoms with Crippen LogP contribution >= 0.6 is 0 Å². The second kappa shape index (κ2) is 7.88. The van der Waals surface area contributed by atoms with Gasteiger partial charge in [0.05, 0.1) is 13.2 Å². The fourth-order valence-corrected chi connectivity index (χ4v) is 2.89. The van der Waals surface area contributed by atoms with E-state index in [1.54, 1.807) is 12.4 Å². The van der Waals surface area contributed by atoms with E-state index in [1.165, 1.54) is 0 Å². The highest BCUT2D eigenvalue weighted by molar-refractivity contribution is 5.96. The van der Waals surface area contributed by atoms with Gasteiger partial charge in [0.25, 0.3) is 0 Å². The van der Waals surface area contributed by atoms with Gasteiger partial charge in [0.1, 0.15) is 12.4 Å². The number of hydrogen-bond acceptors (Lipinski definition) is 4. The van der Waals surface area contributed by atoms with Crippen LogP contribution in [-0.4, -0.2) is 18.2 Å². The summed E-state index contributed by atoms with van der Waals surface area (Å²) in [7, 11) is 0. The van der Waals surface area contributed by atoms with E-state index >= 15 is 0 Å². The molecule has 4 nitrogen and oxygen atoms in total. The Morgan fingerprint density at radius 2 is 1.52 bits per heavy atom. The highest BCUT2D eigenvalue weighted by atomic mass is 16.5. The van der Waals surface area contributed by atoms with Crippen LogP contribution < -0.4 is 14.2 Å². The lowest BCUT2D eigenvalue weighted by Gasteiger charge is -2.20. The van der Waals surface area contributed by atoms with Crippen molar-refractivity contribution in [3.8, 4) is 17.2 Å². The fourth-order valence-electron chi connectivity index (χ4n) is 2.89. The van der Waals surface area contributed by atoms with E-state index in [0.29, 0.717) is 19.8 Å². The van der Waals surface area contributed by atoms with Crippen molar-refractivity contribution in [3.05, 3.63) is 59.9 Å². The van der Waals surface area contributed by atoms with Gasteiger partial charge in [-0.25, -0.2) is 0 Å². The second-order valence-corrected chi connectivity index (χ2v) is 5.67. The van der Waals surface area contributed by atoms with Crippen LogP contribution in [0, 0.1) is 6.92 Å². The van der Waals surface area contributed by atoms with Crippen LogP contribution in [0.1, 0.15) is 25.0 Å². The number of aromatic nitrogens is 1. The van der Waals surface area contributed by atoms with Crippen molar-refractivity contribution >= 4 is 10.8 Å². The molecule has 3 aromatic rings. The summed E-state index contributed by atoms with van der Waals surface area (Å²) in [5, 5.41) is 1.89. The Balaban J connectivity index is 2.11. The first-order chi connectivity index (χ1) is 12.3. The van der Waals surface area contributed by atoms with Gasteiger partial charge in [-0.2, -0.15) is 0 Å². The number of nitrogens with zero attached hydrogens (tertiary/aromatic N) is 1. The van der Waals surface area contributed by atoms with Crippen LogP contribution in [0.5, 0.6) is 17.2 Å². The Morgan fingerprint density at radius 3 is 2.24 bits per heavy atom. The zero-order valence-electron chi connectivity index (χ0n) is 14.9. The molecule has 0 aliphatic heterocycles. The summed E-state index contributed by atoms with van der Waals surface area (Å²) in [5.41, 5.74) is 2.05. The van der Waals surface area contributed by atoms with Crippen molar-refractivity contribution in [2.45, 2.75) is 27.4 Å². The third-order valence-electron chi connectivity index (χ3n) is 4.00. The van der Waals surface area contributed by atoms with Crippen molar-refractivity contribution in [2.24, 2.45) is 0 Å². The standard InChI is InChI=1S/C21H23NO3/c1-4-23-19-15(3)20(24-5-2)21(18-13-22-12-11-17(18)19)25-14-16-9-7-6-8-10-16/h6-13H,4-5,14H2,1-3H3. The van der Waals surface area contributed by atoms with Crippen LogP contribution in [0.25, 0.3) is 10.8 Å². The molecule has 2 aromatic carbocycles. The highest BCUT2D eigenvalue weighted by Crippen LogP contribution is 2.45. The van der Waals surface area contributed by atoms with Gasteiger partial charge in [0.15, 0.2) is 11.5 Å². The summed E-state index contributed by atoms with van der Waals surface area (Å²) < 4.78 is 18.0. The van der Waals surface area contributed by atoms with Gasteiger partial charge in [-0.3, -0.25) is 4.98 Å². The number of benzene rings is 2. The molecule has 4 heteroatoms. The molecular formula is C21H23NO3. The summed E-state index contributed by atoms with van der Waals surface area (Å²) in [5.74, 6) is 2.27. The number of pyridine rings is 1. The fraction of sp³-hybridized carbons (Fsp3) is 0.286. The van der Waals surface area contributed by atoms with E-state index < -0.39 is 0 Å². The van der Waals surface area contributed by atoms with Gasteiger partial charge >= 0.3 is 0 Å². The first kappa shape index (κ1) is 17.1. The van der Waals surface area contributed by atoms with Gasteiger partial charge in [-0.05, 0) is 32.4 Å². The quantitative estimate of drug-likeness (QED) is 0.613. The third kappa shape index (κ3) is 3.53. The first-order valence-corrected chi connectivity index (χ1v) is 8.58. The van der Waals surface area contributed by atoms with E-state index in [9.17, 15) is 0 Å². The SMILES string of the molecule is CCOc1c(C)c(OCC)c2ccncc2c1OCc1ccccc1. The Kier molecular flexibility index (Phi) is 5.39. The van der Waals surface area contributed by atoms with E-state index in [-0.39, 0.29) is 0 Å². The molecule has 25 heavy (non-hydrogen) atoms. The summed E-state index contributed by atoms with van der Waals surface area (Å²) in [6, 6.07) is 12.1. The Hall–Kier alpha value is -2.75. The van der Waals surface area contributed by atoms with Gasteiger partial charge in [0.2, 0.25) is 0 Å². The lowest BCUT2D eigenvalue weighted by Crippen LogP contribution is -2.05. The maximum Gasteiger partial charge on any atom is 0.171 e. The zero-order chi connectivity index (χ0) is 17.6. The molecule has 0 aliphatic carbocycles. The molecule has 0 saturated heterocycles. The molecule has 0 amide bonds. The average molecular weight is 337 g/mol. The average Bonchev–Trinajstić information content (AvgIpc) is 2.65. The molecule has 0 aliphatic rings. The molecule has 0 fully saturated rings. The minimum absolute atomic E-state index is 0.471. The summed E-state index contributed by atoms with van der Waals surface area (Å²) in [6.45, 7) is 7.57. The predicted octanol–water partition coefficient (Wildman–Crippen LogP) is 4.92. The smallest absolute Gasteiger partial charge is 0.171 e. The zero-order valence-corrected chi connectivity index (χ0v) is 14.9. The highest BCUT2D eigenvalue weighted by Gasteiger charge is 2.20. The maximum atomic E-state index is 6.18. The van der Waals surface area contributed by atoms with Crippen LogP contribution in [-0.2, 0) is 6.61 Å². The lowest BCUT2D eigenvalue weighted by molar-refractivity contribution is 0.268. The monoisotopic (exact) mass is 337 g/mol. The van der Waals surface area contributed by atoms with Crippen molar-refractivity contribution in [2.75, 3.05) is 13.2 Å². The maximum absolute atomic E-state index is 6.18. The summed E-state index contributed by atoms with van der Waals surface area (Å²) >= 11 is 0. The number of ether oxygens (including phenoxy) is 3. The molecule has 0 N–H and O–H groups in total. The topological polar surface area (TPSA) is 40.6 Å². The second-order valence-electron chi connectivity index (χ2n) is 5.67. The van der Waals surface area contributed by atoms with Crippen LogP contribution in [0.4, 0.5) is 0 Å². The molecule has 1 heterocycles. The van der Waals surface area contributed by atoms with Crippen molar-refractivity contribution < 1.29 is 14.2 Å². The van der Waals surface area contributed by atoms with Crippen LogP contribution in [0.3, 0.4) is 0 Å². The minimum Gasteiger partial charge on any atom is -0.493 e. The Labute approximate surface area is 148 Å². The van der Waals surface area contributed by atoms with Crippen molar-refractivity contribution in [3.63, 3.8) is 0 Å². The third-order valence-corrected chi connectivity index (χ3v) is 4.00. The van der Waals surface area contributed by atoms with Gasteiger partial charge in [-0.15, -0.1) is 0 Å². The Morgan fingerprint density at radius 1 is 0.800 bits per heavy atom. The molecule has 0 atom stereocenters. The molecule has 0 radical (unpaired) electrons. The van der Waals surface area contributed by atoms with E-state index in [2.05, 4.69) is 4.98 Å². The van der Waals surface area contributed by atoms with E-state index in [1.807, 2.05) is 57.2 Å². The minimum atomic E-state index is 0.471. The first-order valence-electron chi connectivity index (χ1n) is 8.58. The molecular weight excluding hydrogens is 314 g/mol. The molecule has 1 aromatic heterocycles. The lowest BCUT2D eigenvalue weighted by atomic mass is 10.1. The summed E-state index contributed by atoms with van der Waals surface area (Å²) in [6.07, 6.45) is 3.58. The molecule has 0 unspecified atom stereocenters. The van der Waals surface area contributed by atoms with Crippen molar-refractivity contribution in [1.29, 1.82) is 0 Å². The Bertz CT molecular complexity index is 847. The normalized spacial score (nSPS) is 10.7. The molecule has 3 rings (SSSR count). The molecule has 130 valence electrons. The number of fused-ring (bicyclic) bond motifs is 1.